The van der Waals surface area contributed by atoms with Gasteiger partial charge in [-0.1, -0.05) is 0 Å². The second-order valence-corrected chi connectivity index (χ2v) is 4.74. The average molecular weight is 273 g/mol. The van der Waals surface area contributed by atoms with E-state index in [1.54, 1.807) is 20.8 Å². The minimum absolute atomic E-state index is 0.149. The van der Waals surface area contributed by atoms with E-state index in [4.69, 9.17) is 14.2 Å². The summed E-state index contributed by atoms with van der Waals surface area (Å²) in [7, 11) is 0. The number of ether oxygens (including phenoxy) is 3. The van der Waals surface area contributed by atoms with E-state index in [0.29, 0.717) is 0 Å². The molecule has 7 heteroatoms. The number of carbonyl (C=O) groups excluding carboxylic acids is 3. The van der Waals surface area contributed by atoms with E-state index in [1.807, 2.05) is 0 Å². The van der Waals surface area contributed by atoms with E-state index in [0.717, 1.165) is 0 Å². The first kappa shape index (κ1) is 15.3. The molecule has 1 rings (SSSR count). The van der Waals surface area contributed by atoms with Crippen molar-refractivity contribution in [3.63, 3.8) is 0 Å². The summed E-state index contributed by atoms with van der Waals surface area (Å²) < 4.78 is 14.9. The molecule has 0 aromatic heterocycles. The number of hydrogen-bond donors (Lipinski definition) is 1. The lowest BCUT2D eigenvalue weighted by molar-refractivity contribution is -0.168. The Balaban J connectivity index is 3.03. The Morgan fingerprint density at radius 2 is 2.11 bits per heavy atom. The molecule has 0 unspecified atom stereocenters. The molecule has 1 heterocycles. The number of alkyl carbamates (subject to hydrolysis) is 1. The van der Waals surface area contributed by atoms with Crippen LogP contribution in [0.1, 0.15) is 34.1 Å². The lowest BCUT2D eigenvalue weighted by atomic mass is 9.80. The molecule has 19 heavy (non-hydrogen) atoms. The van der Waals surface area contributed by atoms with Crippen LogP contribution in [0.3, 0.4) is 0 Å². The summed E-state index contributed by atoms with van der Waals surface area (Å²) in [6.45, 7) is 6.30. The molecule has 1 saturated heterocycles. The molecule has 1 atom stereocenters. The van der Waals surface area contributed by atoms with Gasteiger partial charge >= 0.3 is 18.0 Å². The first-order valence-electron chi connectivity index (χ1n) is 6.07. The number of esters is 2. The molecular weight excluding hydrogens is 254 g/mol. The molecule has 0 spiro atoms. The van der Waals surface area contributed by atoms with Crippen LogP contribution in [0.2, 0.25) is 0 Å². The van der Waals surface area contributed by atoms with Gasteiger partial charge in [-0.05, 0) is 20.8 Å². The highest BCUT2D eigenvalue weighted by atomic mass is 16.6. The molecular formula is C12H19NO6. The number of amides is 1. The number of hydrogen-bond acceptors (Lipinski definition) is 6. The highest BCUT2D eigenvalue weighted by Crippen LogP contribution is 2.35. The van der Waals surface area contributed by atoms with Gasteiger partial charge in [0.25, 0.3) is 0 Å². The zero-order chi connectivity index (χ0) is 14.7. The Morgan fingerprint density at radius 3 is 2.53 bits per heavy atom. The highest BCUT2D eigenvalue weighted by molar-refractivity contribution is 5.89. The van der Waals surface area contributed by atoms with Crippen molar-refractivity contribution in [2.75, 3.05) is 13.2 Å². The van der Waals surface area contributed by atoms with E-state index in [-0.39, 0.29) is 19.6 Å². The van der Waals surface area contributed by atoms with Gasteiger partial charge < -0.3 is 19.5 Å². The fourth-order valence-corrected chi connectivity index (χ4v) is 2.12. The fourth-order valence-electron chi connectivity index (χ4n) is 2.12. The molecule has 0 aliphatic carbocycles. The van der Waals surface area contributed by atoms with Gasteiger partial charge in [-0.15, -0.1) is 0 Å². The molecule has 1 aliphatic rings. The van der Waals surface area contributed by atoms with Gasteiger partial charge in [0.05, 0.1) is 13.2 Å². The van der Waals surface area contributed by atoms with Gasteiger partial charge in [0.15, 0.2) is 5.54 Å². The molecule has 0 radical (unpaired) electrons. The van der Waals surface area contributed by atoms with E-state index in [2.05, 4.69) is 5.32 Å². The average Bonchev–Trinajstić information content (AvgIpc) is 2.60. The molecule has 1 amide bonds. The predicted octanol–water partition coefficient (Wildman–Crippen LogP) is 0.760. The molecule has 108 valence electrons. The van der Waals surface area contributed by atoms with E-state index >= 15 is 0 Å². The van der Waals surface area contributed by atoms with Crippen LogP contribution in [0.5, 0.6) is 0 Å². The van der Waals surface area contributed by atoms with Crippen LogP contribution in [-0.4, -0.2) is 42.4 Å². The van der Waals surface area contributed by atoms with Gasteiger partial charge in [0.2, 0.25) is 0 Å². The van der Waals surface area contributed by atoms with Crippen LogP contribution >= 0.6 is 0 Å². The van der Waals surface area contributed by atoms with Crippen LogP contribution in [0, 0.1) is 0 Å². The third kappa shape index (κ3) is 2.97. The van der Waals surface area contributed by atoms with Gasteiger partial charge in [-0.3, -0.25) is 4.79 Å². The lowest BCUT2D eigenvalue weighted by Gasteiger charge is -2.39. The molecule has 1 aliphatic heterocycles. The third-order valence-electron chi connectivity index (χ3n) is 3.08. The van der Waals surface area contributed by atoms with Crippen LogP contribution in [0.25, 0.3) is 0 Å². The quantitative estimate of drug-likeness (QED) is 0.600. The summed E-state index contributed by atoms with van der Waals surface area (Å²) in [5, 5.41) is 2.48. The SMILES string of the molecule is CCOC(=O)N[C@]1(C(C)(C)OC(C)=O)CCOC1=O. The van der Waals surface area contributed by atoms with Crippen molar-refractivity contribution >= 4 is 18.0 Å². The lowest BCUT2D eigenvalue weighted by Crippen LogP contribution is -2.66. The first-order valence-corrected chi connectivity index (χ1v) is 6.07. The fraction of sp³-hybridized carbons (Fsp3) is 0.750. The monoisotopic (exact) mass is 273 g/mol. The normalized spacial score (nSPS) is 22.6. The minimum atomic E-state index is -1.43. The topological polar surface area (TPSA) is 90.9 Å². The van der Waals surface area contributed by atoms with E-state index in [1.165, 1.54) is 6.92 Å². The Morgan fingerprint density at radius 1 is 1.47 bits per heavy atom. The minimum Gasteiger partial charge on any atom is -0.464 e. The maximum atomic E-state index is 12.0. The van der Waals surface area contributed by atoms with Crippen molar-refractivity contribution < 1.29 is 28.6 Å². The van der Waals surface area contributed by atoms with Crippen LogP contribution in [0.4, 0.5) is 4.79 Å². The standard InChI is InChI=1S/C12H19NO6/c1-5-17-10(16)13-12(6-7-18-9(12)15)11(3,4)19-8(2)14/h5-7H2,1-4H3,(H,13,16)/t12-/m1/s1. The van der Waals surface area contributed by atoms with E-state index in [9.17, 15) is 14.4 Å². The Bertz CT molecular complexity index is 392. The molecule has 0 bridgehead atoms. The van der Waals surface area contributed by atoms with Gasteiger partial charge in [0, 0.05) is 13.3 Å². The summed E-state index contributed by atoms with van der Waals surface area (Å²) in [5.74, 6) is -1.18. The second-order valence-electron chi connectivity index (χ2n) is 4.74. The van der Waals surface area contributed by atoms with Crippen molar-refractivity contribution in [1.82, 2.24) is 5.32 Å². The van der Waals surface area contributed by atoms with E-state index < -0.39 is 29.2 Å². The Hall–Kier alpha value is -1.79. The zero-order valence-corrected chi connectivity index (χ0v) is 11.6. The van der Waals surface area contributed by atoms with Crippen LogP contribution < -0.4 is 5.32 Å². The van der Waals surface area contributed by atoms with Crippen molar-refractivity contribution in [3.8, 4) is 0 Å². The molecule has 0 aromatic carbocycles. The molecule has 0 aromatic rings. The third-order valence-corrected chi connectivity index (χ3v) is 3.08. The number of cyclic esters (lactones) is 1. The maximum absolute atomic E-state index is 12.0. The zero-order valence-electron chi connectivity index (χ0n) is 11.6. The number of carbonyl (C=O) groups is 3. The molecule has 7 nitrogen and oxygen atoms in total. The van der Waals surface area contributed by atoms with Crippen molar-refractivity contribution in [3.05, 3.63) is 0 Å². The summed E-state index contributed by atoms with van der Waals surface area (Å²) in [4.78, 5) is 34.7. The van der Waals surface area contributed by atoms with Crippen LogP contribution in [0.15, 0.2) is 0 Å². The van der Waals surface area contributed by atoms with Crippen molar-refractivity contribution in [2.45, 2.75) is 45.3 Å². The number of nitrogens with one attached hydrogen (secondary N) is 1. The summed E-state index contributed by atoms with van der Waals surface area (Å²) in [5.41, 5.74) is -2.66. The van der Waals surface area contributed by atoms with Crippen LogP contribution in [-0.2, 0) is 23.8 Å². The van der Waals surface area contributed by atoms with Gasteiger partial charge in [-0.25, -0.2) is 9.59 Å². The number of rotatable bonds is 4. The largest absolute Gasteiger partial charge is 0.464 e. The molecule has 0 saturated carbocycles. The predicted molar refractivity (Wildman–Crippen MR) is 64.3 cm³/mol. The van der Waals surface area contributed by atoms with Crippen molar-refractivity contribution in [2.24, 2.45) is 0 Å². The molecule has 1 N–H and O–H groups in total. The molecule has 1 fully saturated rings. The summed E-state index contributed by atoms with van der Waals surface area (Å²) >= 11 is 0. The van der Waals surface area contributed by atoms with Gasteiger partial charge in [-0.2, -0.15) is 0 Å². The first-order chi connectivity index (χ1) is 8.75. The second kappa shape index (κ2) is 5.46. The summed E-state index contributed by atoms with van der Waals surface area (Å²) in [6.07, 6.45) is -0.535. The van der Waals surface area contributed by atoms with Crippen molar-refractivity contribution in [1.29, 1.82) is 0 Å². The Kier molecular flexibility index (Phi) is 4.39. The van der Waals surface area contributed by atoms with Gasteiger partial charge in [0.1, 0.15) is 5.60 Å². The summed E-state index contributed by atoms with van der Waals surface area (Å²) in [6, 6.07) is 0. The highest BCUT2D eigenvalue weighted by Gasteiger charge is 2.59. The maximum Gasteiger partial charge on any atom is 0.408 e. The Labute approximate surface area is 111 Å². The smallest absolute Gasteiger partial charge is 0.408 e.